The number of piperidine rings is 1. The molecule has 7 heteroatoms. The van der Waals surface area contributed by atoms with Crippen molar-refractivity contribution in [1.29, 1.82) is 0 Å². The van der Waals surface area contributed by atoms with Gasteiger partial charge < -0.3 is 9.84 Å². The molecule has 2 saturated heterocycles. The van der Waals surface area contributed by atoms with Crippen LogP contribution < -0.4 is 0 Å². The Hall–Kier alpha value is -1.38. The van der Waals surface area contributed by atoms with E-state index in [1.807, 2.05) is 17.5 Å². The second kappa shape index (κ2) is 8.32. The van der Waals surface area contributed by atoms with Gasteiger partial charge in [-0.15, -0.1) is 11.3 Å². The highest BCUT2D eigenvalue weighted by molar-refractivity contribution is 7.09. The minimum absolute atomic E-state index is 0.161. The second-order valence-electron chi connectivity index (χ2n) is 7.41. The maximum absolute atomic E-state index is 13.9. The first kappa shape index (κ1) is 19.0. The third kappa shape index (κ3) is 4.55. The fraction of sp³-hybridized carbons (Fsp3) is 0.550. The molecule has 1 aromatic carbocycles. The summed E-state index contributed by atoms with van der Waals surface area (Å²) in [5, 5.41) is 14.2. The zero-order chi connectivity index (χ0) is 18.7. The van der Waals surface area contributed by atoms with E-state index in [2.05, 4.69) is 9.80 Å². The number of nitrogens with zero attached hydrogens (tertiary/aromatic N) is 3. The molecule has 27 heavy (non-hydrogen) atoms. The first-order chi connectivity index (χ1) is 13.1. The number of halogens is 1. The van der Waals surface area contributed by atoms with E-state index < -0.39 is 5.60 Å². The Morgan fingerprint density at radius 1 is 1.07 bits per heavy atom. The summed E-state index contributed by atoms with van der Waals surface area (Å²) < 4.78 is 19.2. The van der Waals surface area contributed by atoms with Gasteiger partial charge in [0.1, 0.15) is 16.4 Å². The number of likely N-dealkylation sites (tertiary alicyclic amines) is 1. The highest BCUT2D eigenvalue weighted by Crippen LogP contribution is 2.34. The van der Waals surface area contributed by atoms with Crippen molar-refractivity contribution in [2.45, 2.75) is 31.5 Å². The van der Waals surface area contributed by atoms with Crippen molar-refractivity contribution in [1.82, 2.24) is 14.8 Å². The average Bonchev–Trinajstić information content (AvgIpc) is 3.16. The van der Waals surface area contributed by atoms with Crippen LogP contribution in [0.25, 0.3) is 0 Å². The van der Waals surface area contributed by atoms with E-state index in [1.54, 1.807) is 17.4 Å². The molecule has 0 radical (unpaired) electrons. The van der Waals surface area contributed by atoms with Gasteiger partial charge in [-0.1, -0.05) is 18.2 Å². The van der Waals surface area contributed by atoms with Crippen LogP contribution in [0.4, 0.5) is 4.39 Å². The molecule has 0 bridgehead atoms. The molecule has 2 aliphatic rings. The van der Waals surface area contributed by atoms with Crippen LogP contribution in [-0.2, 0) is 23.4 Å². The van der Waals surface area contributed by atoms with Gasteiger partial charge in [-0.3, -0.25) is 9.80 Å². The molecule has 0 atom stereocenters. The number of rotatable bonds is 5. The number of hydrogen-bond donors (Lipinski definition) is 1. The molecule has 2 aromatic rings. The highest BCUT2D eigenvalue weighted by atomic mass is 32.1. The summed E-state index contributed by atoms with van der Waals surface area (Å²) in [7, 11) is 0. The van der Waals surface area contributed by atoms with Crippen molar-refractivity contribution in [3.8, 4) is 0 Å². The van der Waals surface area contributed by atoms with E-state index in [0.717, 1.165) is 56.6 Å². The first-order valence-electron chi connectivity index (χ1n) is 9.55. The summed E-state index contributed by atoms with van der Waals surface area (Å²) in [6, 6.07) is 6.91. The minimum Gasteiger partial charge on any atom is -0.383 e. The van der Waals surface area contributed by atoms with Crippen LogP contribution >= 0.6 is 11.3 Å². The van der Waals surface area contributed by atoms with Gasteiger partial charge in [0.15, 0.2) is 0 Å². The molecule has 0 amide bonds. The van der Waals surface area contributed by atoms with E-state index in [0.29, 0.717) is 24.9 Å². The van der Waals surface area contributed by atoms with Gasteiger partial charge in [0, 0.05) is 43.7 Å². The van der Waals surface area contributed by atoms with Crippen LogP contribution in [-0.4, -0.2) is 59.3 Å². The molecule has 0 saturated carbocycles. The third-order valence-corrected chi connectivity index (χ3v) is 6.36. The Morgan fingerprint density at radius 2 is 1.78 bits per heavy atom. The Bertz CT molecular complexity index is 755. The van der Waals surface area contributed by atoms with Crippen molar-refractivity contribution in [2.75, 3.05) is 39.4 Å². The molecule has 3 heterocycles. The number of morpholine rings is 1. The van der Waals surface area contributed by atoms with Crippen LogP contribution in [0.3, 0.4) is 0 Å². The zero-order valence-corrected chi connectivity index (χ0v) is 16.3. The van der Waals surface area contributed by atoms with Crippen molar-refractivity contribution in [2.24, 2.45) is 0 Å². The predicted molar refractivity (Wildman–Crippen MR) is 103 cm³/mol. The van der Waals surface area contributed by atoms with Crippen molar-refractivity contribution >= 4 is 11.3 Å². The van der Waals surface area contributed by atoms with E-state index in [1.165, 1.54) is 6.07 Å². The standard InChI is InChI=1S/C20H26FN3O2S/c21-17-4-2-1-3-16(17)13-23-7-5-20(25,6-8-23)18-15-27-19(22-18)14-24-9-11-26-12-10-24/h1-4,15,25H,5-14H2. The lowest BCUT2D eigenvalue weighted by Gasteiger charge is -2.37. The molecular formula is C20H26FN3O2S. The molecule has 1 aromatic heterocycles. The fourth-order valence-electron chi connectivity index (χ4n) is 3.75. The smallest absolute Gasteiger partial charge is 0.127 e. The zero-order valence-electron chi connectivity index (χ0n) is 15.4. The van der Waals surface area contributed by atoms with E-state index in [9.17, 15) is 9.50 Å². The van der Waals surface area contributed by atoms with Crippen LogP contribution in [0.1, 0.15) is 29.1 Å². The first-order valence-corrected chi connectivity index (χ1v) is 10.4. The third-order valence-electron chi connectivity index (χ3n) is 5.53. The SMILES string of the molecule is OC1(c2csc(CN3CCOCC3)n2)CCN(Cc2ccccc2F)CC1. The summed E-state index contributed by atoms with van der Waals surface area (Å²) >= 11 is 1.62. The number of aromatic nitrogens is 1. The number of hydrogen-bond acceptors (Lipinski definition) is 6. The molecule has 4 rings (SSSR count). The summed E-state index contributed by atoms with van der Waals surface area (Å²) in [6.07, 6.45) is 1.25. The van der Waals surface area contributed by atoms with Crippen LogP contribution in [0.15, 0.2) is 29.6 Å². The monoisotopic (exact) mass is 391 g/mol. The number of benzene rings is 1. The van der Waals surface area contributed by atoms with Crippen LogP contribution in [0.5, 0.6) is 0 Å². The summed E-state index contributed by atoms with van der Waals surface area (Å²) in [4.78, 5) is 9.27. The predicted octanol–water partition coefficient (Wildman–Crippen LogP) is 2.60. The van der Waals surface area contributed by atoms with Crippen molar-refractivity contribution in [3.05, 3.63) is 51.7 Å². The highest BCUT2D eigenvalue weighted by Gasteiger charge is 2.36. The summed E-state index contributed by atoms with van der Waals surface area (Å²) in [6.45, 7) is 6.31. The number of aliphatic hydroxyl groups is 1. The van der Waals surface area contributed by atoms with Gasteiger partial charge in [0.05, 0.1) is 25.5 Å². The lowest BCUT2D eigenvalue weighted by molar-refractivity contribution is -0.0310. The number of ether oxygens (including phenoxy) is 1. The van der Waals surface area contributed by atoms with Gasteiger partial charge in [0.2, 0.25) is 0 Å². The molecule has 0 unspecified atom stereocenters. The van der Waals surface area contributed by atoms with Gasteiger partial charge >= 0.3 is 0 Å². The van der Waals surface area contributed by atoms with Crippen LogP contribution in [0, 0.1) is 5.82 Å². The van der Waals surface area contributed by atoms with E-state index in [4.69, 9.17) is 9.72 Å². The van der Waals surface area contributed by atoms with Gasteiger partial charge in [-0.25, -0.2) is 9.37 Å². The second-order valence-corrected chi connectivity index (χ2v) is 8.36. The van der Waals surface area contributed by atoms with Crippen molar-refractivity contribution in [3.63, 3.8) is 0 Å². The molecule has 0 spiro atoms. The average molecular weight is 392 g/mol. The quantitative estimate of drug-likeness (QED) is 0.849. The Balaban J connectivity index is 1.34. The molecule has 146 valence electrons. The lowest BCUT2D eigenvalue weighted by atomic mass is 9.88. The Morgan fingerprint density at radius 3 is 2.52 bits per heavy atom. The van der Waals surface area contributed by atoms with Gasteiger partial charge in [-0.2, -0.15) is 0 Å². The summed E-state index contributed by atoms with van der Waals surface area (Å²) in [5.41, 5.74) is 0.636. The van der Waals surface area contributed by atoms with E-state index in [-0.39, 0.29) is 5.82 Å². The topological polar surface area (TPSA) is 48.8 Å². The maximum atomic E-state index is 13.9. The maximum Gasteiger partial charge on any atom is 0.127 e. The molecule has 0 aliphatic carbocycles. The molecular weight excluding hydrogens is 365 g/mol. The largest absolute Gasteiger partial charge is 0.383 e. The molecule has 2 aliphatic heterocycles. The minimum atomic E-state index is -0.870. The molecule has 1 N–H and O–H groups in total. The fourth-order valence-corrected chi connectivity index (χ4v) is 4.68. The summed E-state index contributed by atoms with van der Waals surface area (Å²) in [5.74, 6) is -0.161. The van der Waals surface area contributed by atoms with E-state index >= 15 is 0 Å². The van der Waals surface area contributed by atoms with Gasteiger partial charge in [-0.05, 0) is 18.9 Å². The number of thiazole rings is 1. The molecule has 5 nitrogen and oxygen atoms in total. The lowest BCUT2D eigenvalue weighted by Crippen LogP contribution is -2.42. The van der Waals surface area contributed by atoms with Crippen molar-refractivity contribution < 1.29 is 14.2 Å². The Labute approximate surface area is 163 Å². The molecule has 2 fully saturated rings. The van der Waals surface area contributed by atoms with Gasteiger partial charge in [0.25, 0.3) is 0 Å². The van der Waals surface area contributed by atoms with Crippen LogP contribution in [0.2, 0.25) is 0 Å². The normalized spacial score (nSPS) is 21.4. The Kier molecular flexibility index (Phi) is 5.85.